The monoisotopic (exact) mass is 830 g/mol. The smallest absolute Gasteiger partial charge is 0.233 e. The SMILES string of the molecule is CCN(CC)c1ccc(N=Nc2snc3ccccc23)c(Nc2nc(Nc3cc(N(CC)CC)ccc3N=Nc3snc4ccccc34)nc(N(CCO)CCO)n2)c1. The van der Waals surface area contributed by atoms with Crippen molar-refractivity contribution in [1.82, 2.24) is 23.7 Å². The van der Waals surface area contributed by atoms with Gasteiger partial charge in [0.05, 0.1) is 35.6 Å². The van der Waals surface area contributed by atoms with Crippen LogP contribution < -0.4 is 25.3 Å². The second kappa shape index (κ2) is 19.5. The first-order chi connectivity index (χ1) is 28.9. The van der Waals surface area contributed by atoms with E-state index in [9.17, 15) is 10.2 Å². The molecule has 3 heterocycles. The molecular weight excluding hydrogens is 785 g/mol. The first kappa shape index (κ1) is 41.0. The zero-order chi connectivity index (χ0) is 41.1. The predicted molar refractivity (Wildman–Crippen MR) is 240 cm³/mol. The van der Waals surface area contributed by atoms with Crippen LogP contribution in [-0.4, -0.2) is 86.4 Å². The Morgan fingerprint density at radius 1 is 0.542 bits per heavy atom. The van der Waals surface area contributed by atoms with Crippen molar-refractivity contribution in [3.8, 4) is 0 Å². The molecule has 18 heteroatoms. The lowest BCUT2D eigenvalue weighted by molar-refractivity contribution is 0.280. The molecule has 0 unspecified atom stereocenters. The average Bonchev–Trinajstić information content (AvgIpc) is 3.88. The average molecular weight is 831 g/mol. The number of rotatable bonds is 19. The second-order valence-electron chi connectivity index (χ2n) is 13.1. The van der Waals surface area contributed by atoms with E-state index in [1.165, 1.54) is 23.1 Å². The number of benzene rings is 4. The number of fused-ring (bicyclic) bond motifs is 2. The number of aromatic nitrogens is 5. The summed E-state index contributed by atoms with van der Waals surface area (Å²) >= 11 is 2.57. The summed E-state index contributed by atoms with van der Waals surface area (Å²) in [5, 5.41) is 48.6. The van der Waals surface area contributed by atoms with Gasteiger partial charge in [0.2, 0.25) is 17.8 Å². The quantitative estimate of drug-likeness (QED) is 0.0566. The van der Waals surface area contributed by atoms with Crippen LogP contribution in [0.4, 0.5) is 62.0 Å². The number of anilines is 7. The molecule has 0 aliphatic heterocycles. The Balaban J connectivity index is 1.31. The Labute approximate surface area is 350 Å². The summed E-state index contributed by atoms with van der Waals surface area (Å²) < 4.78 is 9.04. The third-order valence-corrected chi connectivity index (χ3v) is 11.1. The molecule has 7 aromatic rings. The summed E-state index contributed by atoms with van der Waals surface area (Å²) in [4.78, 5) is 20.6. The zero-order valence-corrected chi connectivity index (χ0v) is 35.0. The van der Waals surface area contributed by atoms with Crippen LogP contribution in [0, 0.1) is 0 Å². The van der Waals surface area contributed by atoms with Crippen molar-refractivity contribution in [2.24, 2.45) is 20.5 Å². The molecule has 0 amide bonds. The number of aliphatic hydroxyl groups excluding tert-OH is 2. The molecule has 0 atom stereocenters. The van der Waals surface area contributed by atoms with E-state index in [0.717, 1.165) is 59.4 Å². The van der Waals surface area contributed by atoms with Crippen LogP contribution in [0.1, 0.15) is 27.7 Å². The standard InChI is InChI=1S/C41H46N14O2S2/c1-5-53(6-2)27-17-19-33(47-49-37-29-13-9-11-15-31(29)51-58-37)35(25-27)42-39-44-40(46-41(45-39)55(21-23-56)22-24-57)43-36-26-28(54(7-3)8-4)18-20-34(36)48-50-38-30-14-10-12-16-32(30)52-59-38/h9-20,25-26,56-57H,5-8,21-24H2,1-4H3,(H2,42,43,44,45,46). The fraction of sp³-hybridized carbons (Fsp3) is 0.293. The largest absolute Gasteiger partial charge is 0.395 e. The maximum absolute atomic E-state index is 9.98. The summed E-state index contributed by atoms with van der Waals surface area (Å²) in [5.74, 6) is 0.648. The number of azo groups is 2. The first-order valence-electron chi connectivity index (χ1n) is 19.5. The highest BCUT2D eigenvalue weighted by molar-refractivity contribution is 7.11. The summed E-state index contributed by atoms with van der Waals surface area (Å²) in [6, 6.07) is 27.5. The summed E-state index contributed by atoms with van der Waals surface area (Å²) in [7, 11) is 0. The molecule has 0 aliphatic rings. The van der Waals surface area contributed by atoms with Gasteiger partial charge in [0, 0.05) is 61.4 Å². The zero-order valence-electron chi connectivity index (χ0n) is 33.3. The van der Waals surface area contributed by atoms with E-state index in [1.807, 2.05) is 84.9 Å². The fourth-order valence-electron chi connectivity index (χ4n) is 6.50. The van der Waals surface area contributed by atoms with Gasteiger partial charge >= 0.3 is 0 Å². The van der Waals surface area contributed by atoms with E-state index in [0.29, 0.717) is 32.8 Å². The van der Waals surface area contributed by atoms with E-state index in [-0.39, 0.29) is 44.1 Å². The van der Waals surface area contributed by atoms with Crippen LogP contribution >= 0.6 is 23.1 Å². The van der Waals surface area contributed by atoms with Crippen molar-refractivity contribution in [2.75, 3.05) is 77.8 Å². The van der Waals surface area contributed by atoms with E-state index in [1.54, 1.807) is 4.90 Å². The first-order valence-corrected chi connectivity index (χ1v) is 21.1. The minimum atomic E-state index is -0.178. The normalized spacial score (nSPS) is 11.6. The van der Waals surface area contributed by atoms with Gasteiger partial charge in [-0.15, -0.1) is 20.5 Å². The minimum Gasteiger partial charge on any atom is -0.395 e. The number of aliphatic hydroxyl groups is 2. The lowest BCUT2D eigenvalue weighted by Gasteiger charge is -2.24. The van der Waals surface area contributed by atoms with Crippen LogP contribution in [0.2, 0.25) is 0 Å². The fourth-order valence-corrected chi connectivity index (χ4v) is 7.88. The number of nitrogens with one attached hydrogen (secondary N) is 2. The van der Waals surface area contributed by atoms with Crippen molar-refractivity contribution >= 4 is 107 Å². The third-order valence-electron chi connectivity index (χ3n) is 9.58. The maximum Gasteiger partial charge on any atom is 0.233 e. The lowest BCUT2D eigenvalue weighted by Crippen LogP contribution is -2.31. The topological polar surface area (TPSA) is 188 Å². The number of hydrogen-bond acceptors (Lipinski definition) is 18. The van der Waals surface area contributed by atoms with Gasteiger partial charge in [0.15, 0.2) is 10.0 Å². The molecule has 0 fully saturated rings. The molecule has 7 rings (SSSR count). The molecule has 59 heavy (non-hydrogen) atoms. The highest BCUT2D eigenvalue weighted by atomic mass is 32.1. The molecule has 0 spiro atoms. The van der Waals surface area contributed by atoms with Gasteiger partial charge in [-0.05, 0) is 111 Å². The van der Waals surface area contributed by atoms with Gasteiger partial charge in [-0.25, -0.2) is 0 Å². The highest BCUT2D eigenvalue weighted by Gasteiger charge is 2.18. The molecule has 0 saturated carbocycles. The van der Waals surface area contributed by atoms with Crippen LogP contribution in [0.3, 0.4) is 0 Å². The molecule has 4 aromatic carbocycles. The molecule has 16 nitrogen and oxygen atoms in total. The number of nitrogens with zero attached hydrogens (tertiary/aromatic N) is 12. The molecule has 0 aliphatic carbocycles. The van der Waals surface area contributed by atoms with Gasteiger partial charge in [0.25, 0.3) is 0 Å². The summed E-state index contributed by atoms with van der Waals surface area (Å²) in [6.07, 6.45) is 0. The Morgan fingerprint density at radius 2 is 0.983 bits per heavy atom. The Kier molecular flexibility index (Phi) is 13.5. The van der Waals surface area contributed by atoms with Gasteiger partial charge in [0.1, 0.15) is 11.4 Å². The van der Waals surface area contributed by atoms with Crippen molar-refractivity contribution < 1.29 is 10.2 Å². The van der Waals surface area contributed by atoms with Crippen LogP contribution in [0.5, 0.6) is 0 Å². The van der Waals surface area contributed by atoms with Gasteiger partial charge in [-0.3, -0.25) is 0 Å². The van der Waals surface area contributed by atoms with E-state index < -0.39 is 0 Å². The van der Waals surface area contributed by atoms with Crippen LogP contribution in [0.25, 0.3) is 21.8 Å². The van der Waals surface area contributed by atoms with Crippen molar-refractivity contribution in [3.05, 3.63) is 84.9 Å². The van der Waals surface area contributed by atoms with Crippen molar-refractivity contribution in [1.29, 1.82) is 0 Å². The van der Waals surface area contributed by atoms with E-state index in [2.05, 4.69) is 77.3 Å². The minimum absolute atomic E-state index is 0.178. The van der Waals surface area contributed by atoms with Crippen molar-refractivity contribution in [3.63, 3.8) is 0 Å². The molecule has 4 N–H and O–H groups in total. The second-order valence-corrected chi connectivity index (χ2v) is 14.6. The lowest BCUT2D eigenvalue weighted by atomic mass is 10.2. The van der Waals surface area contributed by atoms with Crippen molar-refractivity contribution in [2.45, 2.75) is 27.7 Å². The van der Waals surface area contributed by atoms with Gasteiger partial charge in [-0.2, -0.15) is 23.7 Å². The maximum atomic E-state index is 9.98. The summed E-state index contributed by atoms with van der Waals surface area (Å²) in [6.45, 7) is 11.6. The Bertz CT molecular complexity index is 2380. The van der Waals surface area contributed by atoms with Gasteiger partial charge < -0.3 is 35.5 Å². The molecule has 0 bridgehead atoms. The summed E-state index contributed by atoms with van der Waals surface area (Å²) in [5.41, 5.74) is 6.02. The van der Waals surface area contributed by atoms with E-state index >= 15 is 0 Å². The predicted octanol–water partition coefficient (Wildman–Crippen LogP) is 9.89. The van der Waals surface area contributed by atoms with Crippen LogP contribution in [0.15, 0.2) is 105 Å². The molecule has 3 aromatic heterocycles. The molecular formula is C41H46N14O2S2. The van der Waals surface area contributed by atoms with Crippen LogP contribution in [-0.2, 0) is 0 Å². The highest BCUT2D eigenvalue weighted by Crippen LogP contribution is 2.38. The van der Waals surface area contributed by atoms with E-state index in [4.69, 9.17) is 15.0 Å². The van der Waals surface area contributed by atoms with Gasteiger partial charge in [-0.1, -0.05) is 24.3 Å². The molecule has 304 valence electrons. The Hall–Kier alpha value is -6.21. The Morgan fingerprint density at radius 3 is 1.41 bits per heavy atom. The third kappa shape index (κ3) is 9.58. The molecule has 0 radical (unpaired) electrons. The number of hydrogen-bond donors (Lipinski definition) is 4. The molecule has 0 saturated heterocycles.